The van der Waals surface area contributed by atoms with Crippen LogP contribution in [0.15, 0.2) is 64.4 Å². The van der Waals surface area contributed by atoms with Crippen molar-refractivity contribution in [1.29, 1.82) is 0 Å². The van der Waals surface area contributed by atoms with E-state index in [9.17, 15) is 14.9 Å². The molecule has 7 heteroatoms. The van der Waals surface area contributed by atoms with E-state index in [-0.39, 0.29) is 11.2 Å². The lowest BCUT2D eigenvalue weighted by molar-refractivity contribution is -0.384. The molecule has 138 valence electrons. The normalized spacial score (nSPS) is 11.6. The smallest absolute Gasteiger partial charge is 0.280 e. The lowest BCUT2D eigenvalue weighted by Crippen LogP contribution is -2.19. The van der Waals surface area contributed by atoms with Gasteiger partial charge in [0.25, 0.3) is 11.2 Å². The van der Waals surface area contributed by atoms with Crippen LogP contribution >= 0.6 is 0 Å². The molecule has 0 atom stereocenters. The highest BCUT2D eigenvalue weighted by Crippen LogP contribution is 2.17. The molecule has 27 heavy (non-hydrogen) atoms. The number of nitro benzene ring substituents is 1. The van der Waals surface area contributed by atoms with Crippen LogP contribution < -0.4 is 5.56 Å². The molecule has 0 saturated heterocycles. The molecular formula is C20H20N4O3. The zero-order chi connectivity index (χ0) is 19.4. The topological polar surface area (TPSA) is 93.3 Å². The van der Waals surface area contributed by atoms with Crippen molar-refractivity contribution < 1.29 is 4.92 Å². The van der Waals surface area contributed by atoms with Crippen molar-refractivity contribution in [2.75, 3.05) is 0 Å². The third-order valence-corrected chi connectivity index (χ3v) is 4.20. The van der Waals surface area contributed by atoms with Crippen molar-refractivity contribution in [3.8, 4) is 5.69 Å². The first-order valence-electron chi connectivity index (χ1n) is 8.70. The summed E-state index contributed by atoms with van der Waals surface area (Å²) in [5.74, 6) is 0. The lowest BCUT2D eigenvalue weighted by atomic mass is 10.1. The van der Waals surface area contributed by atoms with Crippen LogP contribution in [0.5, 0.6) is 0 Å². The maximum atomic E-state index is 13.0. The SMILES string of the molecule is CCCc1[nH]n(-c2ccc([N+](=O)[O-])cc2)c(=O)c1C(C)=Nc1ccccc1. The average Bonchev–Trinajstić information content (AvgIpc) is 2.99. The van der Waals surface area contributed by atoms with Gasteiger partial charge in [-0.15, -0.1) is 0 Å². The Hall–Kier alpha value is -3.48. The van der Waals surface area contributed by atoms with Crippen LogP contribution in [0.4, 0.5) is 11.4 Å². The third kappa shape index (κ3) is 3.87. The third-order valence-electron chi connectivity index (χ3n) is 4.20. The summed E-state index contributed by atoms with van der Waals surface area (Å²) in [6.07, 6.45) is 1.57. The van der Waals surface area contributed by atoms with Crippen molar-refractivity contribution in [2.45, 2.75) is 26.7 Å². The summed E-state index contributed by atoms with van der Waals surface area (Å²) in [6.45, 7) is 3.85. The number of rotatable bonds is 6. The van der Waals surface area contributed by atoms with Crippen molar-refractivity contribution in [1.82, 2.24) is 9.78 Å². The van der Waals surface area contributed by atoms with E-state index in [4.69, 9.17) is 0 Å². The fourth-order valence-electron chi connectivity index (χ4n) is 2.94. The highest BCUT2D eigenvalue weighted by molar-refractivity contribution is 6.01. The van der Waals surface area contributed by atoms with Gasteiger partial charge in [-0.25, -0.2) is 4.68 Å². The molecule has 0 bridgehead atoms. The van der Waals surface area contributed by atoms with Crippen LogP contribution in [-0.4, -0.2) is 20.4 Å². The summed E-state index contributed by atoms with van der Waals surface area (Å²) < 4.78 is 1.41. The quantitative estimate of drug-likeness (QED) is 0.404. The van der Waals surface area contributed by atoms with Gasteiger partial charge in [-0.1, -0.05) is 31.5 Å². The second kappa shape index (κ2) is 7.82. The van der Waals surface area contributed by atoms with Gasteiger partial charge < -0.3 is 0 Å². The Balaban J connectivity index is 2.08. The molecule has 3 aromatic rings. The monoisotopic (exact) mass is 364 g/mol. The number of aromatic nitrogens is 2. The first-order chi connectivity index (χ1) is 13.0. The Kier molecular flexibility index (Phi) is 5.30. The number of benzene rings is 2. The summed E-state index contributed by atoms with van der Waals surface area (Å²) in [5.41, 5.74) is 3.06. The van der Waals surface area contributed by atoms with Crippen LogP contribution in [0.1, 0.15) is 31.5 Å². The van der Waals surface area contributed by atoms with Crippen LogP contribution in [-0.2, 0) is 6.42 Å². The number of para-hydroxylation sites is 1. The number of non-ortho nitro benzene ring substituents is 1. The summed E-state index contributed by atoms with van der Waals surface area (Å²) in [7, 11) is 0. The Bertz CT molecular complexity index is 1030. The van der Waals surface area contributed by atoms with Gasteiger partial charge in [0.2, 0.25) is 0 Å². The molecule has 0 unspecified atom stereocenters. The molecule has 0 spiro atoms. The molecule has 1 aromatic heterocycles. The fourth-order valence-corrected chi connectivity index (χ4v) is 2.94. The Morgan fingerprint density at radius 1 is 1.15 bits per heavy atom. The fraction of sp³-hybridized carbons (Fsp3) is 0.200. The number of aryl methyl sites for hydroxylation is 1. The first-order valence-corrected chi connectivity index (χ1v) is 8.70. The van der Waals surface area contributed by atoms with Gasteiger partial charge in [0.05, 0.1) is 27.6 Å². The maximum absolute atomic E-state index is 13.0. The number of hydrogen-bond acceptors (Lipinski definition) is 4. The molecule has 1 N–H and O–H groups in total. The maximum Gasteiger partial charge on any atom is 0.280 e. The Morgan fingerprint density at radius 2 is 1.81 bits per heavy atom. The Morgan fingerprint density at radius 3 is 2.41 bits per heavy atom. The molecular weight excluding hydrogens is 344 g/mol. The average molecular weight is 364 g/mol. The number of hydrogen-bond donors (Lipinski definition) is 1. The van der Waals surface area contributed by atoms with Crippen molar-refractivity contribution in [3.05, 3.63) is 86.3 Å². The molecule has 0 aliphatic rings. The van der Waals surface area contributed by atoms with E-state index < -0.39 is 4.92 Å². The summed E-state index contributed by atoms with van der Waals surface area (Å²) in [6, 6.07) is 15.3. The van der Waals surface area contributed by atoms with E-state index in [2.05, 4.69) is 10.1 Å². The highest BCUT2D eigenvalue weighted by atomic mass is 16.6. The van der Waals surface area contributed by atoms with E-state index in [1.807, 2.05) is 44.2 Å². The zero-order valence-corrected chi connectivity index (χ0v) is 15.2. The summed E-state index contributed by atoms with van der Waals surface area (Å²) >= 11 is 0. The second-order valence-electron chi connectivity index (χ2n) is 6.16. The summed E-state index contributed by atoms with van der Waals surface area (Å²) in [5, 5.41) is 14.0. The lowest BCUT2D eigenvalue weighted by Gasteiger charge is -2.01. The molecule has 0 radical (unpaired) electrons. The van der Waals surface area contributed by atoms with Crippen molar-refractivity contribution in [3.63, 3.8) is 0 Å². The highest BCUT2D eigenvalue weighted by Gasteiger charge is 2.18. The second-order valence-corrected chi connectivity index (χ2v) is 6.16. The molecule has 0 aliphatic carbocycles. The minimum atomic E-state index is -0.466. The molecule has 7 nitrogen and oxygen atoms in total. The molecule has 0 aliphatic heterocycles. The zero-order valence-electron chi connectivity index (χ0n) is 15.2. The predicted octanol–water partition coefficient (Wildman–Crippen LogP) is 4.17. The van der Waals surface area contributed by atoms with Crippen LogP contribution in [0.2, 0.25) is 0 Å². The molecule has 1 heterocycles. The number of nitrogens with zero attached hydrogens (tertiary/aromatic N) is 3. The van der Waals surface area contributed by atoms with Gasteiger partial charge >= 0.3 is 0 Å². The molecule has 0 amide bonds. The van der Waals surface area contributed by atoms with Gasteiger partial charge in [0, 0.05) is 17.8 Å². The minimum absolute atomic E-state index is 0.0193. The standard InChI is InChI=1S/C20H20N4O3/c1-3-7-18-19(14(2)21-15-8-5-4-6-9-15)20(25)23(22-18)16-10-12-17(13-11-16)24(26)27/h4-6,8-13,22H,3,7H2,1-2H3. The van der Waals surface area contributed by atoms with Crippen LogP contribution in [0.25, 0.3) is 5.69 Å². The predicted molar refractivity (Wildman–Crippen MR) is 105 cm³/mol. The number of H-pyrrole nitrogens is 1. The molecule has 0 fully saturated rings. The molecule has 0 saturated carbocycles. The number of aliphatic imine (C=N–C) groups is 1. The van der Waals surface area contributed by atoms with E-state index in [1.165, 1.54) is 16.8 Å². The van der Waals surface area contributed by atoms with E-state index in [1.54, 1.807) is 12.1 Å². The van der Waals surface area contributed by atoms with Crippen molar-refractivity contribution >= 4 is 17.1 Å². The number of aromatic amines is 1. The summed E-state index contributed by atoms with van der Waals surface area (Å²) in [4.78, 5) is 28.0. The van der Waals surface area contributed by atoms with Gasteiger partial charge in [0.15, 0.2) is 0 Å². The van der Waals surface area contributed by atoms with Crippen molar-refractivity contribution in [2.24, 2.45) is 4.99 Å². The van der Waals surface area contributed by atoms with E-state index in [0.29, 0.717) is 23.4 Å². The van der Waals surface area contributed by atoms with E-state index in [0.717, 1.165) is 17.8 Å². The first kappa shape index (κ1) is 18.3. The van der Waals surface area contributed by atoms with Gasteiger partial charge in [-0.3, -0.25) is 25.0 Å². The minimum Gasteiger partial charge on any atom is -0.294 e. The van der Waals surface area contributed by atoms with Gasteiger partial charge in [-0.2, -0.15) is 0 Å². The Labute approximate surface area is 156 Å². The number of nitrogens with one attached hydrogen (secondary N) is 1. The molecule has 3 rings (SSSR count). The number of nitro groups is 1. The largest absolute Gasteiger partial charge is 0.294 e. The van der Waals surface area contributed by atoms with Crippen LogP contribution in [0.3, 0.4) is 0 Å². The molecule has 2 aromatic carbocycles. The van der Waals surface area contributed by atoms with Gasteiger partial charge in [-0.05, 0) is 37.6 Å². The van der Waals surface area contributed by atoms with Gasteiger partial charge in [0.1, 0.15) is 0 Å². The van der Waals surface area contributed by atoms with E-state index >= 15 is 0 Å². The van der Waals surface area contributed by atoms with Crippen LogP contribution in [0, 0.1) is 10.1 Å².